The maximum Gasteiger partial charge on any atom is 0.363 e. The normalized spacial score (nSPS) is 14.2. The lowest BCUT2D eigenvalue weighted by molar-refractivity contribution is -0.385. The van der Waals surface area contributed by atoms with Gasteiger partial charge in [0.2, 0.25) is 5.90 Å². The average molecular weight is 412 g/mol. The van der Waals surface area contributed by atoms with Crippen LogP contribution in [0.25, 0.3) is 6.08 Å². The molecule has 1 aliphatic rings. The lowest BCUT2D eigenvalue weighted by Crippen LogP contribution is -2.06. The molecule has 2 aromatic rings. The maximum atomic E-state index is 12.2. The van der Waals surface area contributed by atoms with Gasteiger partial charge < -0.3 is 18.9 Å². The zero-order chi connectivity index (χ0) is 21.8. The second kappa shape index (κ2) is 8.43. The molecule has 1 aliphatic heterocycles. The zero-order valence-electron chi connectivity index (χ0n) is 16.2. The summed E-state index contributed by atoms with van der Waals surface area (Å²) in [6.07, 6.45) is 1.43. The van der Waals surface area contributed by atoms with Gasteiger partial charge in [0.25, 0.3) is 0 Å². The van der Waals surface area contributed by atoms with E-state index in [0.29, 0.717) is 11.3 Å². The number of carbonyl (C=O) groups is 2. The van der Waals surface area contributed by atoms with E-state index >= 15 is 0 Å². The minimum atomic E-state index is -0.728. The van der Waals surface area contributed by atoms with Gasteiger partial charge in [-0.05, 0) is 35.9 Å². The number of carbonyl (C=O) groups excluding carboxylic acids is 2. The number of nitro groups is 1. The number of hydrogen-bond donors (Lipinski definition) is 0. The molecule has 2 aromatic carbocycles. The Labute approximate surface area is 170 Å². The quantitative estimate of drug-likeness (QED) is 0.233. The summed E-state index contributed by atoms with van der Waals surface area (Å²) < 4.78 is 20.3. The van der Waals surface area contributed by atoms with Gasteiger partial charge >= 0.3 is 17.6 Å². The Morgan fingerprint density at radius 1 is 1.10 bits per heavy atom. The Kier molecular flexibility index (Phi) is 5.77. The van der Waals surface area contributed by atoms with Crippen LogP contribution in [0.2, 0.25) is 0 Å². The van der Waals surface area contributed by atoms with Crippen LogP contribution in [0.15, 0.2) is 47.1 Å². The number of nitro benzene ring substituents is 1. The fourth-order valence-electron chi connectivity index (χ4n) is 2.67. The molecule has 30 heavy (non-hydrogen) atoms. The number of hydrogen-bond acceptors (Lipinski definition) is 9. The predicted octanol–water partition coefficient (Wildman–Crippen LogP) is 2.88. The molecule has 0 radical (unpaired) electrons. The molecule has 0 bridgehead atoms. The van der Waals surface area contributed by atoms with Crippen LogP contribution >= 0.6 is 0 Å². The monoisotopic (exact) mass is 412 g/mol. The van der Waals surface area contributed by atoms with Crippen molar-refractivity contribution in [1.29, 1.82) is 0 Å². The molecular weight excluding hydrogens is 396 g/mol. The van der Waals surface area contributed by atoms with E-state index < -0.39 is 16.9 Å². The van der Waals surface area contributed by atoms with Gasteiger partial charge in [-0.25, -0.2) is 9.79 Å². The number of esters is 2. The van der Waals surface area contributed by atoms with Crippen molar-refractivity contribution in [3.8, 4) is 17.2 Å². The first-order valence-electron chi connectivity index (χ1n) is 8.54. The van der Waals surface area contributed by atoms with Crippen LogP contribution in [0.4, 0.5) is 5.69 Å². The molecule has 3 rings (SSSR count). The van der Waals surface area contributed by atoms with E-state index in [1.807, 2.05) is 0 Å². The molecule has 0 aromatic heterocycles. The third kappa shape index (κ3) is 4.27. The Morgan fingerprint density at radius 2 is 1.80 bits per heavy atom. The highest BCUT2D eigenvalue weighted by Crippen LogP contribution is 2.31. The van der Waals surface area contributed by atoms with Crippen molar-refractivity contribution in [2.45, 2.75) is 6.92 Å². The Balaban J connectivity index is 1.96. The molecular formula is C20H16N2O8. The number of benzene rings is 2. The third-order valence-corrected chi connectivity index (χ3v) is 3.99. The highest BCUT2D eigenvalue weighted by molar-refractivity contribution is 6.13. The van der Waals surface area contributed by atoms with E-state index in [2.05, 4.69) is 4.99 Å². The van der Waals surface area contributed by atoms with Crippen LogP contribution in [0.5, 0.6) is 17.2 Å². The number of rotatable bonds is 6. The van der Waals surface area contributed by atoms with Gasteiger partial charge in [0, 0.05) is 18.6 Å². The molecule has 1 heterocycles. The van der Waals surface area contributed by atoms with Crippen molar-refractivity contribution in [2.75, 3.05) is 14.2 Å². The molecule has 0 atom stereocenters. The molecule has 0 aliphatic carbocycles. The lowest BCUT2D eigenvalue weighted by atomic mass is 10.1. The fourth-order valence-corrected chi connectivity index (χ4v) is 2.67. The highest BCUT2D eigenvalue weighted by Gasteiger charge is 2.26. The van der Waals surface area contributed by atoms with Gasteiger partial charge in [-0.2, -0.15) is 0 Å². The minimum Gasteiger partial charge on any atom is -0.493 e. The summed E-state index contributed by atoms with van der Waals surface area (Å²) in [5, 5.41) is 11.2. The minimum absolute atomic E-state index is 0.0255. The summed E-state index contributed by atoms with van der Waals surface area (Å²) >= 11 is 0. The van der Waals surface area contributed by atoms with Gasteiger partial charge in [-0.15, -0.1) is 0 Å². The van der Waals surface area contributed by atoms with Crippen molar-refractivity contribution in [3.05, 3.63) is 63.3 Å². The SMILES string of the molecule is COc1ccc(/C=C2\N=C(c3ccc(OC)c([N+](=O)[O-])c3)OC2=O)cc1OC(C)=O. The van der Waals surface area contributed by atoms with Crippen molar-refractivity contribution in [3.63, 3.8) is 0 Å². The topological polar surface area (TPSA) is 127 Å². The number of methoxy groups -OCH3 is 2. The largest absolute Gasteiger partial charge is 0.493 e. The Hall–Kier alpha value is -4.21. The maximum absolute atomic E-state index is 12.2. The van der Waals surface area contributed by atoms with Gasteiger partial charge in [-0.1, -0.05) is 6.07 Å². The van der Waals surface area contributed by atoms with Gasteiger partial charge in [0.15, 0.2) is 22.9 Å². The van der Waals surface area contributed by atoms with Gasteiger partial charge in [-0.3, -0.25) is 14.9 Å². The van der Waals surface area contributed by atoms with E-state index in [1.54, 1.807) is 12.1 Å². The van der Waals surface area contributed by atoms with Crippen molar-refractivity contribution in [1.82, 2.24) is 0 Å². The second-order valence-electron chi connectivity index (χ2n) is 5.98. The van der Waals surface area contributed by atoms with Crippen molar-refractivity contribution in [2.24, 2.45) is 4.99 Å². The molecule has 0 saturated carbocycles. The summed E-state index contributed by atoms with van der Waals surface area (Å²) in [5.41, 5.74) is 0.439. The lowest BCUT2D eigenvalue weighted by Gasteiger charge is -2.08. The first-order chi connectivity index (χ1) is 14.3. The van der Waals surface area contributed by atoms with Crippen LogP contribution in [0, 0.1) is 10.1 Å². The Bertz CT molecular complexity index is 1100. The molecule has 0 fully saturated rings. The van der Waals surface area contributed by atoms with Gasteiger partial charge in [0.1, 0.15) is 0 Å². The molecule has 10 nitrogen and oxygen atoms in total. The summed E-state index contributed by atoms with van der Waals surface area (Å²) in [7, 11) is 2.74. The first-order valence-corrected chi connectivity index (χ1v) is 8.54. The molecule has 0 N–H and O–H groups in total. The van der Waals surface area contributed by atoms with Crippen LogP contribution in [-0.2, 0) is 14.3 Å². The van der Waals surface area contributed by atoms with E-state index in [4.69, 9.17) is 18.9 Å². The predicted molar refractivity (Wildman–Crippen MR) is 105 cm³/mol. The standard InChI is InChI=1S/C20H16N2O8/c1-11(23)29-18-9-12(4-6-17(18)28-3)8-14-20(24)30-19(21-14)13-5-7-16(27-2)15(10-13)22(25)26/h4-10H,1-3H3/b14-8-. The highest BCUT2D eigenvalue weighted by atomic mass is 16.6. The molecule has 0 saturated heterocycles. The van der Waals surface area contributed by atoms with E-state index in [-0.39, 0.29) is 34.3 Å². The van der Waals surface area contributed by atoms with Crippen molar-refractivity contribution >= 4 is 29.6 Å². The molecule has 10 heteroatoms. The number of nitrogens with zero attached hydrogens (tertiary/aromatic N) is 2. The number of cyclic esters (lactones) is 1. The van der Waals surface area contributed by atoms with Crippen LogP contribution in [0.3, 0.4) is 0 Å². The second-order valence-corrected chi connectivity index (χ2v) is 5.98. The number of aliphatic imine (C=N–C) groups is 1. The van der Waals surface area contributed by atoms with Crippen LogP contribution in [-0.4, -0.2) is 37.0 Å². The zero-order valence-corrected chi connectivity index (χ0v) is 16.2. The summed E-state index contributed by atoms with van der Waals surface area (Å²) in [6, 6.07) is 8.81. The average Bonchev–Trinajstić information content (AvgIpc) is 3.07. The van der Waals surface area contributed by atoms with Crippen molar-refractivity contribution < 1.29 is 33.5 Å². The third-order valence-electron chi connectivity index (χ3n) is 3.99. The molecule has 0 unspecified atom stereocenters. The summed E-state index contributed by atoms with van der Waals surface area (Å²) in [5.74, 6) is -0.740. The van der Waals surface area contributed by atoms with E-state index in [1.165, 1.54) is 51.5 Å². The Morgan fingerprint density at radius 3 is 2.43 bits per heavy atom. The van der Waals surface area contributed by atoms with E-state index in [9.17, 15) is 19.7 Å². The smallest absolute Gasteiger partial charge is 0.363 e. The molecule has 154 valence electrons. The molecule has 0 amide bonds. The summed E-state index contributed by atoms with van der Waals surface area (Å²) in [6.45, 7) is 1.25. The van der Waals surface area contributed by atoms with E-state index in [0.717, 1.165) is 0 Å². The first kappa shape index (κ1) is 20.5. The van der Waals surface area contributed by atoms with Gasteiger partial charge in [0.05, 0.1) is 19.1 Å². The number of ether oxygens (including phenoxy) is 4. The summed E-state index contributed by atoms with van der Waals surface area (Å²) in [4.78, 5) is 38.2. The fraction of sp³-hybridized carbons (Fsp3) is 0.150. The van der Waals surface area contributed by atoms with Crippen LogP contribution in [0.1, 0.15) is 18.1 Å². The van der Waals surface area contributed by atoms with Crippen LogP contribution < -0.4 is 14.2 Å². The molecule has 0 spiro atoms.